The third-order valence-corrected chi connectivity index (χ3v) is 5.82. The topological polar surface area (TPSA) is 52.6 Å². The fourth-order valence-corrected chi connectivity index (χ4v) is 3.93. The highest BCUT2D eigenvalue weighted by Gasteiger charge is 2.35. The number of rotatable bonds is 6. The van der Waals surface area contributed by atoms with Crippen LogP contribution in [0.15, 0.2) is 36.4 Å². The molecule has 1 atom stereocenters. The highest BCUT2D eigenvalue weighted by atomic mass is 35.5. The van der Waals surface area contributed by atoms with E-state index in [1.165, 1.54) is 0 Å². The molecule has 33 heavy (non-hydrogen) atoms. The molecule has 0 aromatic heterocycles. The van der Waals surface area contributed by atoms with E-state index in [2.05, 4.69) is 47.6 Å². The SMILES string of the molecule is CCOC(=O)C(c1cc(C(C)(C)C)cc(C(C)(C)C)c1OC(=O)c1cccc(Cl)c1)C(C)C. The monoisotopic (exact) mass is 472 g/mol. The number of halogens is 1. The van der Waals surface area contributed by atoms with Gasteiger partial charge in [0.05, 0.1) is 18.1 Å². The predicted molar refractivity (Wildman–Crippen MR) is 134 cm³/mol. The van der Waals surface area contributed by atoms with Crippen LogP contribution in [0.1, 0.15) is 95.3 Å². The number of ether oxygens (including phenoxy) is 2. The summed E-state index contributed by atoms with van der Waals surface area (Å²) in [7, 11) is 0. The highest BCUT2D eigenvalue weighted by Crippen LogP contribution is 2.43. The quantitative estimate of drug-likeness (QED) is 0.323. The van der Waals surface area contributed by atoms with E-state index in [0.29, 0.717) is 21.9 Å². The second-order valence-electron chi connectivity index (χ2n) is 10.8. The van der Waals surface area contributed by atoms with Gasteiger partial charge in [0.15, 0.2) is 0 Å². The minimum absolute atomic E-state index is 0.0595. The van der Waals surface area contributed by atoms with E-state index in [4.69, 9.17) is 21.1 Å². The van der Waals surface area contributed by atoms with E-state index in [0.717, 1.165) is 11.1 Å². The standard InChI is InChI=1S/C28H37ClO4/c1-10-32-26(31)23(17(2)3)21-15-19(27(4,5)6)16-22(28(7,8)9)24(21)33-25(30)18-12-11-13-20(29)14-18/h11-17,23H,10H2,1-9H3. The Morgan fingerprint density at radius 2 is 1.61 bits per heavy atom. The Morgan fingerprint density at radius 3 is 2.09 bits per heavy atom. The zero-order chi connectivity index (χ0) is 25.1. The molecule has 0 spiro atoms. The van der Waals surface area contributed by atoms with Gasteiger partial charge in [0.2, 0.25) is 0 Å². The van der Waals surface area contributed by atoms with Crippen LogP contribution in [0.5, 0.6) is 5.75 Å². The summed E-state index contributed by atoms with van der Waals surface area (Å²) in [5, 5.41) is 0.454. The molecule has 0 fully saturated rings. The van der Waals surface area contributed by atoms with Crippen molar-refractivity contribution >= 4 is 23.5 Å². The molecular weight excluding hydrogens is 436 g/mol. The molecule has 1 unspecified atom stereocenters. The molecular formula is C28H37ClO4. The van der Waals surface area contributed by atoms with Gasteiger partial charge in [-0.3, -0.25) is 4.79 Å². The van der Waals surface area contributed by atoms with Gasteiger partial charge in [-0.05, 0) is 47.4 Å². The van der Waals surface area contributed by atoms with Crippen LogP contribution in [-0.4, -0.2) is 18.5 Å². The summed E-state index contributed by atoms with van der Waals surface area (Å²) in [5.74, 6) is -1.05. The van der Waals surface area contributed by atoms with Gasteiger partial charge in [0.1, 0.15) is 5.75 Å². The fourth-order valence-electron chi connectivity index (χ4n) is 3.74. The zero-order valence-electron chi connectivity index (χ0n) is 21.3. The molecule has 2 rings (SSSR count). The van der Waals surface area contributed by atoms with E-state index in [-0.39, 0.29) is 29.3 Å². The van der Waals surface area contributed by atoms with Crippen molar-refractivity contribution in [2.24, 2.45) is 5.92 Å². The number of benzene rings is 2. The van der Waals surface area contributed by atoms with Gasteiger partial charge in [-0.1, -0.05) is 85.2 Å². The van der Waals surface area contributed by atoms with Crippen LogP contribution < -0.4 is 4.74 Å². The van der Waals surface area contributed by atoms with Crippen LogP contribution in [0.2, 0.25) is 5.02 Å². The van der Waals surface area contributed by atoms with Gasteiger partial charge in [0.25, 0.3) is 0 Å². The van der Waals surface area contributed by atoms with Gasteiger partial charge >= 0.3 is 11.9 Å². The summed E-state index contributed by atoms with van der Waals surface area (Å²) in [4.78, 5) is 26.3. The number of hydrogen-bond acceptors (Lipinski definition) is 4. The highest BCUT2D eigenvalue weighted by molar-refractivity contribution is 6.30. The Bertz CT molecular complexity index is 1010. The molecule has 0 aliphatic heterocycles. The summed E-state index contributed by atoms with van der Waals surface area (Å²) < 4.78 is 11.5. The van der Waals surface area contributed by atoms with E-state index in [9.17, 15) is 9.59 Å². The third kappa shape index (κ3) is 6.60. The molecule has 0 saturated carbocycles. The smallest absolute Gasteiger partial charge is 0.343 e. The molecule has 2 aromatic rings. The lowest BCUT2D eigenvalue weighted by molar-refractivity contribution is -0.146. The van der Waals surface area contributed by atoms with Crippen molar-refractivity contribution in [1.82, 2.24) is 0 Å². The van der Waals surface area contributed by atoms with E-state index >= 15 is 0 Å². The first-order valence-electron chi connectivity index (χ1n) is 11.5. The van der Waals surface area contributed by atoms with Gasteiger partial charge < -0.3 is 9.47 Å². The van der Waals surface area contributed by atoms with Crippen LogP contribution in [0, 0.1) is 5.92 Å². The number of carbonyl (C=O) groups is 2. The van der Waals surface area contributed by atoms with Crippen LogP contribution in [0.4, 0.5) is 0 Å². The van der Waals surface area contributed by atoms with E-state index in [1.807, 2.05) is 19.9 Å². The van der Waals surface area contributed by atoms with Crippen LogP contribution in [0.25, 0.3) is 0 Å². The van der Waals surface area contributed by atoms with Crippen LogP contribution >= 0.6 is 11.6 Å². The summed E-state index contributed by atoms with van der Waals surface area (Å²) in [6, 6.07) is 10.7. The molecule has 0 radical (unpaired) electrons. The van der Waals surface area contributed by atoms with Crippen LogP contribution in [-0.2, 0) is 20.4 Å². The first-order chi connectivity index (χ1) is 15.2. The first kappa shape index (κ1) is 26.9. The van der Waals surface area contributed by atoms with Crippen molar-refractivity contribution in [3.63, 3.8) is 0 Å². The number of hydrogen-bond donors (Lipinski definition) is 0. The predicted octanol–water partition coefficient (Wildman–Crippen LogP) is 7.46. The van der Waals surface area contributed by atoms with Gasteiger partial charge in [-0.25, -0.2) is 4.79 Å². The molecule has 0 aliphatic carbocycles. The van der Waals surface area contributed by atoms with Gasteiger partial charge in [-0.15, -0.1) is 0 Å². The Morgan fingerprint density at radius 1 is 0.970 bits per heavy atom. The minimum Gasteiger partial charge on any atom is -0.466 e. The molecule has 4 nitrogen and oxygen atoms in total. The Labute approximate surface area is 203 Å². The molecule has 2 aromatic carbocycles. The summed E-state index contributed by atoms with van der Waals surface area (Å²) in [5.41, 5.74) is 2.47. The number of esters is 2. The van der Waals surface area contributed by atoms with Crippen molar-refractivity contribution in [3.8, 4) is 5.75 Å². The Balaban J connectivity index is 2.82. The molecule has 0 N–H and O–H groups in total. The normalized spacial score (nSPS) is 13.1. The van der Waals surface area contributed by atoms with E-state index < -0.39 is 11.9 Å². The summed E-state index contributed by atoms with van der Waals surface area (Å²) in [6.45, 7) is 18.6. The zero-order valence-corrected chi connectivity index (χ0v) is 22.1. The molecule has 0 heterocycles. The number of carbonyl (C=O) groups excluding carboxylic acids is 2. The second-order valence-corrected chi connectivity index (χ2v) is 11.3. The molecule has 5 heteroatoms. The lowest BCUT2D eigenvalue weighted by atomic mass is 9.75. The van der Waals surface area contributed by atoms with Crippen molar-refractivity contribution in [2.75, 3.05) is 6.61 Å². The van der Waals surface area contributed by atoms with Gasteiger partial charge in [-0.2, -0.15) is 0 Å². The maximum atomic E-state index is 13.2. The van der Waals surface area contributed by atoms with Gasteiger partial charge in [0, 0.05) is 16.1 Å². The largest absolute Gasteiger partial charge is 0.466 e. The van der Waals surface area contributed by atoms with Crippen molar-refractivity contribution < 1.29 is 19.1 Å². The maximum absolute atomic E-state index is 13.2. The van der Waals surface area contributed by atoms with Crippen molar-refractivity contribution in [3.05, 3.63) is 63.7 Å². The first-order valence-corrected chi connectivity index (χ1v) is 11.9. The molecule has 0 saturated heterocycles. The lowest BCUT2D eigenvalue weighted by Crippen LogP contribution is -2.26. The molecule has 0 aliphatic rings. The second kappa shape index (κ2) is 10.3. The van der Waals surface area contributed by atoms with Crippen molar-refractivity contribution in [2.45, 2.75) is 79.1 Å². The van der Waals surface area contributed by atoms with E-state index in [1.54, 1.807) is 31.2 Å². The average molecular weight is 473 g/mol. The molecule has 0 bridgehead atoms. The average Bonchev–Trinajstić information content (AvgIpc) is 2.67. The van der Waals surface area contributed by atoms with Crippen LogP contribution in [0.3, 0.4) is 0 Å². The maximum Gasteiger partial charge on any atom is 0.343 e. The summed E-state index contributed by atoms with van der Waals surface area (Å²) >= 11 is 6.10. The molecule has 180 valence electrons. The minimum atomic E-state index is -0.574. The fraction of sp³-hybridized carbons (Fsp3) is 0.500. The summed E-state index contributed by atoms with van der Waals surface area (Å²) in [6.07, 6.45) is 0. The molecule has 0 amide bonds. The van der Waals surface area contributed by atoms with Crippen molar-refractivity contribution in [1.29, 1.82) is 0 Å². The lowest BCUT2D eigenvalue weighted by Gasteiger charge is -2.31. The Hall–Kier alpha value is -2.33. The third-order valence-electron chi connectivity index (χ3n) is 5.59. The Kier molecular flexibility index (Phi) is 8.40.